The van der Waals surface area contributed by atoms with Gasteiger partial charge in [-0.25, -0.2) is 4.79 Å². The van der Waals surface area contributed by atoms with Gasteiger partial charge < -0.3 is 10.1 Å². The van der Waals surface area contributed by atoms with Crippen molar-refractivity contribution in [2.45, 2.75) is 23.9 Å². The third kappa shape index (κ3) is 4.45. The highest BCUT2D eigenvalue weighted by atomic mass is 32.2. The van der Waals surface area contributed by atoms with Gasteiger partial charge in [-0.15, -0.1) is 16.8 Å². The van der Waals surface area contributed by atoms with Gasteiger partial charge in [0.2, 0.25) is 5.13 Å². The zero-order chi connectivity index (χ0) is 19.2. The van der Waals surface area contributed by atoms with Crippen molar-refractivity contribution >= 4 is 45.1 Å². The summed E-state index contributed by atoms with van der Waals surface area (Å²) in [7, 11) is 0. The maximum atomic E-state index is 12.5. The first kappa shape index (κ1) is 19.3. The molecule has 0 amide bonds. The molecule has 1 N–H and O–H groups in total. The van der Waals surface area contributed by atoms with E-state index in [9.17, 15) is 4.79 Å². The van der Waals surface area contributed by atoms with Gasteiger partial charge >= 0.3 is 5.97 Å². The summed E-state index contributed by atoms with van der Waals surface area (Å²) in [4.78, 5) is 17.3. The minimum Gasteiger partial charge on any atom is -0.462 e. The largest absolute Gasteiger partial charge is 0.462 e. The summed E-state index contributed by atoms with van der Waals surface area (Å²) in [5.74, 6) is 0.171. The van der Waals surface area contributed by atoms with Gasteiger partial charge in [-0.1, -0.05) is 47.4 Å². The summed E-state index contributed by atoms with van der Waals surface area (Å²) in [6, 6.07) is 7.81. The van der Waals surface area contributed by atoms with Crippen LogP contribution in [-0.4, -0.2) is 34.3 Å². The Morgan fingerprint density at radius 2 is 2.19 bits per heavy atom. The number of nitrogens with one attached hydrogen (secondary N) is 1. The number of thioether (sulfide) groups is 1. The average molecular weight is 401 g/mol. The van der Waals surface area contributed by atoms with Crippen LogP contribution in [-0.2, 0) is 10.5 Å². The molecule has 6 nitrogen and oxygen atoms in total. The van der Waals surface area contributed by atoms with Gasteiger partial charge in [-0.05, 0) is 25.5 Å². The Balaban J connectivity index is 1.90. The van der Waals surface area contributed by atoms with Crippen LogP contribution in [0.15, 0.2) is 41.3 Å². The molecule has 2 heterocycles. The second-order valence-electron chi connectivity index (χ2n) is 5.63. The van der Waals surface area contributed by atoms with Gasteiger partial charge in [0, 0.05) is 17.7 Å². The predicted molar refractivity (Wildman–Crippen MR) is 111 cm³/mol. The smallest absolute Gasteiger partial charge is 0.340 e. The van der Waals surface area contributed by atoms with Crippen molar-refractivity contribution < 1.29 is 9.53 Å². The molecule has 0 saturated heterocycles. The van der Waals surface area contributed by atoms with E-state index >= 15 is 0 Å². The number of anilines is 1. The highest BCUT2D eigenvalue weighted by Gasteiger charge is 2.20. The van der Waals surface area contributed by atoms with Crippen LogP contribution in [0.1, 0.15) is 28.5 Å². The second-order valence-corrected chi connectivity index (χ2v) is 7.83. The Morgan fingerprint density at radius 3 is 2.96 bits per heavy atom. The molecule has 3 rings (SSSR count). The van der Waals surface area contributed by atoms with E-state index in [1.807, 2.05) is 31.2 Å². The van der Waals surface area contributed by atoms with Crippen molar-refractivity contribution in [3.63, 3.8) is 0 Å². The second kappa shape index (κ2) is 8.96. The molecule has 0 atom stereocenters. The number of aryl methyl sites for hydroxylation is 1. The number of nitrogens with zero attached hydrogens (tertiary/aromatic N) is 3. The number of hydrogen-bond acceptors (Lipinski definition) is 8. The molecule has 0 aliphatic heterocycles. The van der Waals surface area contributed by atoms with E-state index in [0.29, 0.717) is 30.2 Å². The number of rotatable bonds is 8. The molecule has 0 radical (unpaired) electrons. The van der Waals surface area contributed by atoms with Gasteiger partial charge in [0.1, 0.15) is 0 Å². The number of esters is 1. The summed E-state index contributed by atoms with van der Waals surface area (Å²) < 4.78 is 6.08. The number of carbonyl (C=O) groups excluding carboxylic acids is 1. The van der Waals surface area contributed by atoms with E-state index < -0.39 is 0 Å². The Bertz CT molecular complexity index is 971. The van der Waals surface area contributed by atoms with E-state index in [-0.39, 0.29) is 5.97 Å². The molecule has 3 aromatic rings. The Morgan fingerprint density at radius 1 is 1.37 bits per heavy atom. The molecular formula is C19H20N4O2S2. The summed E-state index contributed by atoms with van der Waals surface area (Å²) >= 11 is 2.97. The molecule has 0 unspecified atom stereocenters. The van der Waals surface area contributed by atoms with Crippen LogP contribution in [0, 0.1) is 6.92 Å². The monoisotopic (exact) mass is 400 g/mol. The highest BCUT2D eigenvalue weighted by molar-refractivity contribution is 8.00. The normalized spacial score (nSPS) is 10.7. The molecule has 140 valence electrons. The zero-order valence-electron chi connectivity index (χ0n) is 15.2. The molecule has 0 fully saturated rings. The van der Waals surface area contributed by atoms with Crippen molar-refractivity contribution in [3.8, 4) is 0 Å². The number of fused-ring (bicyclic) bond motifs is 1. The molecule has 0 bridgehead atoms. The molecule has 0 saturated carbocycles. The van der Waals surface area contributed by atoms with E-state index in [0.717, 1.165) is 25.9 Å². The van der Waals surface area contributed by atoms with Gasteiger partial charge in [0.05, 0.1) is 23.4 Å². The molecule has 0 aliphatic rings. The number of para-hydroxylation sites is 1. The minimum absolute atomic E-state index is 0.326. The van der Waals surface area contributed by atoms with Crippen molar-refractivity contribution in [2.75, 3.05) is 18.5 Å². The highest BCUT2D eigenvalue weighted by Crippen LogP contribution is 2.31. The van der Waals surface area contributed by atoms with E-state index in [1.165, 1.54) is 23.1 Å². The predicted octanol–water partition coefficient (Wildman–Crippen LogP) is 4.46. The number of ether oxygens (including phenoxy) is 1. The SMILES string of the molecule is C=CCNc1nnc(SCc2nc3ccccc3c(C)c2C(=O)OCC)s1. The Labute approximate surface area is 166 Å². The lowest BCUT2D eigenvalue weighted by Gasteiger charge is -2.13. The summed E-state index contributed by atoms with van der Waals surface area (Å²) in [6.45, 7) is 8.37. The average Bonchev–Trinajstić information content (AvgIpc) is 3.13. The number of aromatic nitrogens is 3. The van der Waals surface area contributed by atoms with Gasteiger partial charge in [-0.2, -0.15) is 0 Å². The third-order valence-electron chi connectivity index (χ3n) is 3.84. The number of carbonyl (C=O) groups is 1. The molecule has 0 spiro atoms. The van der Waals surface area contributed by atoms with Gasteiger partial charge in [0.25, 0.3) is 0 Å². The molecule has 27 heavy (non-hydrogen) atoms. The van der Waals surface area contributed by atoms with Gasteiger partial charge in [-0.3, -0.25) is 4.98 Å². The number of pyridine rings is 1. The maximum absolute atomic E-state index is 12.5. The lowest BCUT2D eigenvalue weighted by Crippen LogP contribution is -2.12. The van der Waals surface area contributed by atoms with Crippen LogP contribution < -0.4 is 5.32 Å². The fourth-order valence-corrected chi connectivity index (χ4v) is 4.35. The lowest BCUT2D eigenvalue weighted by molar-refractivity contribution is 0.0524. The molecule has 0 aliphatic carbocycles. The van der Waals surface area contributed by atoms with Crippen LogP contribution in [0.2, 0.25) is 0 Å². The summed E-state index contributed by atoms with van der Waals surface area (Å²) in [6.07, 6.45) is 1.77. The molecule has 8 heteroatoms. The van der Waals surface area contributed by atoms with Crippen LogP contribution in [0.25, 0.3) is 10.9 Å². The standard InChI is InChI=1S/C19H20N4O2S2/c1-4-10-20-18-22-23-19(27-18)26-11-15-16(17(24)25-5-2)12(3)13-8-6-7-9-14(13)21-15/h4,6-9H,1,5,10-11H2,2-3H3,(H,20,22). The Hall–Kier alpha value is -2.45. The fraction of sp³-hybridized carbons (Fsp3) is 0.263. The number of benzene rings is 1. The van der Waals surface area contributed by atoms with Gasteiger partial charge in [0.15, 0.2) is 4.34 Å². The first-order valence-corrected chi connectivity index (χ1v) is 10.3. The molecular weight excluding hydrogens is 380 g/mol. The van der Waals surface area contributed by atoms with E-state index in [4.69, 9.17) is 9.72 Å². The Kier molecular flexibility index (Phi) is 6.41. The summed E-state index contributed by atoms with van der Waals surface area (Å²) in [5, 5.41) is 13.1. The lowest BCUT2D eigenvalue weighted by atomic mass is 10.0. The van der Waals surface area contributed by atoms with E-state index in [1.54, 1.807) is 13.0 Å². The topological polar surface area (TPSA) is 77.0 Å². The van der Waals surface area contributed by atoms with Crippen LogP contribution in [0.3, 0.4) is 0 Å². The number of hydrogen-bond donors (Lipinski definition) is 1. The van der Waals surface area contributed by atoms with Crippen LogP contribution in [0.4, 0.5) is 5.13 Å². The molecule has 1 aromatic carbocycles. The molecule has 2 aromatic heterocycles. The minimum atomic E-state index is -0.338. The third-order valence-corrected chi connectivity index (χ3v) is 5.87. The fourth-order valence-electron chi connectivity index (χ4n) is 2.65. The van der Waals surface area contributed by atoms with Crippen molar-refractivity contribution in [3.05, 3.63) is 53.7 Å². The summed E-state index contributed by atoms with van der Waals surface area (Å²) in [5.41, 5.74) is 2.99. The van der Waals surface area contributed by atoms with Crippen LogP contribution >= 0.6 is 23.1 Å². The van der Waals surface area contributed by atoms with Crippen molar-refractivity contribution in [1.29, 1.82) is 0 Å². The zero-order valence-corrected chi connectivity index (χ0v) is 16.8. The van der Waals surface area contributed by atoms with Crippen LogP contribution in [0.5, 0.6) is 0 Å². The first-order chi connectivity index (χ1) is 13.1. The first-order valence-electron chi connectivity index (χ1n) is 8.50. The van der Waals surface area contributed by atoms with E-state index in [2.05, 4.69) is 22.1 Å². The maximum Gasteiger partial charge on any atom is 0.340 e. The van der Waals surface area contributed by atoms with Crippen molar-refractivity contribution in [2.24, 2.45) is 0 Å². The van der Waals surface area contributed by atoms with Crippen molar-refractivity contribution in [1.82, 2.24) is 15.2 Å². The quantitative estimate of drug-likeness (QED) is 0.340.